The van der Waals surface area contributed by atoms with E-state index in [1.165, 1.54) is 60.4 Å². The first kappa shape index (κ1) is 13.9. The van der Waals surface area contributed by atoms with Gasteiger partial charge >= 0.3 is 0 Å². The predicted molar refractivity (Wildman–Crippen MR) is 85.6 cm³/mol. The molecule has 0 heteroatoms. The minimum atomic E-state index is 1.19. The summed E-state index contributed by atoms with van der Waals surface area (Å²) in [5.41, 5.74) is 2.79. The Hall–Kier alpha value is -1.56. The van der Waals surface area contributed by atoms with Crippen LogP contribution >= 0.6 is 0 Å². The normalized spacial score (nSPS) is 10.8. The highest BCUT2D eigenvalue weighted by molar-refractivity contribution is 5.82. The van der Waals surface area contributed by atoms with Crippen molar-refractivity contribution in [2.75, 3.05) is 0 Å². The molecule has 2 aromatic carbocycles. The predicted octanol–water partition coefficient (Wildman–Crippen LogP) is 5.91. The summed E-state index contributed by atoms with van der Waals surface area (Å²) in [6.45, 7) is 6.07. The molecule has 0 radical (unpaired) electrons. The van der Waals surface area contributed by atoms with Gasteiger partial charge in [0.2, 0.25) is 0 Å². The van der Waals surface area contributed by atoms with Crippen molar-refractivity contribution in [3.63, 3.8) is 0 Å². The van der Waals surface area contributed by atoms with Gasteiger partial charge in [-0.15, -0.1) is 6.58 Å². The maximum absolute atomic E-state index is 3.95. The fourth-order valence-electron chi connectivity index (χ4n) is 2.50. The molecule has 0 aliphatic heterocycles. The van der Waals surface area contributed by atoms with Gasteiger partial charge in [0, 0.05) is 0 Å². The lowest BCUT2D eigenvalue weighted by molar-refractivity contribution is 0.639. The molecule has 0 aromatic heterocycles. The van der Waals surface area contributed by atoms with Crippen LogP contribution in [0.5, 0.6) is 0 Å². The summed E-state index contributed by atoms with van der Waals surface area (Å²) in [5.74, 6) is 0. The number of benzene rings is 2. The zero-order chi connectivity index (χ0) is 13.5. The average molecular weight is 252 g/mol. The quantitative estimate of drug-likeness (QED) is 0.424. The van der Waals surface area contributed by atoms with E-state index >= 15 is 0 Å². The van der Waals surface area contributed by atoms with Crippen molar-refractivity contribution in [2.24, 2.45) is 0 Å². The molecule has 0 aliphatic rings. The van der Waals surface area contributed by atoms with Gasteiger partial charge in [-0.3, -0.25) is 0 Å². The van der Waals surface area contributed by atoms with E-state index in [9.17, 15) is 0 Å². The Morgan fingerprint density at radius 2 is 1.63 bits per heavy atom. The fraction of sp³-hybridized carbons (Fsp3) is 0.368. The summed E-state index contributed by atoms with van der Waals surface area (Å²) in [6, 6.07) is 15.4. The Balaban J connectivity index is 1.77. The molecule has 2 rings (SSSR count). The molecule has 0 nitrogen and oxygen atoms in total. The van der Waals surface area contributed by atoms with Crippen molar-refractivity contribution in [3.05, 3.63) is 60.2 Å². The smallest absolute Gasteiger partial charge is 0.0181 e. The zero-order valence-corrected chi connectivity index (χ0v) is 12.0. The van der Waals surface area contributed by atoms with Crippen molar-refractivity contribution in [2.45, 2.75) is 45.4 Å². The van der Waals surface area contributed by atoms with E-state index in [0.29, 0.717) is 0 Å². The van der Waals surface area contributed by atoms with Gasteiger partial charge in [-0.25, -0.2) is 0 Å². The van der Waals surface area contributed by atoms with Crippen molar-refractivity contribution in [1.29, 1.82) is 0 Å². The first-order valence-corrected chi connectivity index (χ1v) is 7.38. The van der Waals surface area contributed by atoms with Crippen LogP contribution in [0, 0.1) is 0 Å². The van der Waals surface area contributed by atoms with Crippen LogP contribution in [-0.4, -0.2) is 0 Å². The molecule has 2 aromatic rings. The van der Waals surface area contributed by atoms with E-state index < -0.39 is 0 Å². The molecule has 0 saturated heterocycles. The number of fused-ring (bicyclic) bond motifs is 1. The van der Waals surface area contributed by atoms with E-state index in [1.54, 1.807) is 0 Å². The van der Waals surface area contributed by atoms with Gasteiger partial charge in [0.05, 0.1) is 0 Å². The van der Waals surface area contributed by atoms with Crippen molar-refractivity contribution in [3.8, 4) is 0 Å². The molecular weight excluding hydrogens is 228 g/mol. The summed E-state index contributed by atoms with van der Waals surface area (Å²) in [5, 5.41) is 2.70. The number of unbranched alkanes of at least 4 members (excludes halogenated alkanes) is 3. The molecule has 0 spiro atoms. The maximum atomic E-state index is 3.95. The summed E-state index contributed by atoms with van der Waals surface area (Å²) in [7, 11) is 0. The highest BCUT2D eigenvalue weighted by Crippen LogP contribution is 2.17. The Morgan fingerprint density at radius 3 is 2.42 bits per heavy atom. The molecule has 0 bridgehead atoms. The molecule has 19 heavy (non-hydrogen) atoms. The molecular formula is C19H24. The van der Waals surface area contributed by atoms with E-state index in [-0.39, 0.29) is 0 Å². The van der Waals surface area contributed by atoms with Gasteiger partial charge in [0.25, 0.3) is 0 Å². The molecule has 0 N–H and O–H groups in total. The van der Waals surface area contributed by atoms with E-state index in [1.807, 2.05) is 0 Å². The number of allylic oxidation sites excluding steroid dienone is 1. The Bertz CT molecular complexity index is 536. The average Bonchev–Trinajstić information content (AvgIpc) is 2.42. The summed E-state index contributed by atoms with van der Waals surface area (Å²) < 4.78 is 0. The third kappa shape index (κ3) is 4.55. The van der Waals surface area contributed by atoms with Crippen LogP contribution in [0.2, 0.25) is 0 Å². The highest BCUT2D eigenvalue weighted by atomic mass is 14.0. The number of aryl methyl sites for hydroxylation is 1. The molecule has 0 saturated carbocycles. The van der Waals surface area contributed by atoms with Gasteiger partial charge in [-0.1, -0.05) is 60.9 Å². The third-order valence-corrected chi connectivity index (χ3v) is 3.63. The minimum Gasteiger partial charge on any atom is -0.100 e. The van der Waals surface area contributed by atoms with Crippen LogP contribution in [0.4, 0.5) is 0 Å². The summed E-state index contributed by atoms with van der Waals surface area (Å²) >= 11 is 0. The van der Waals surface area contributed by atoms with Crippen LogP contribution in [0.25, 0.3) is 10.8 Å². The van der Waals surface area contributed by atoms with Crippen LogP contribution in [0.1, 0.15) is 44.6 Å². The van der Waals surface area contributed by atoms with Gasteiger partial charge in [0.15, 0.2) is 0 Å². The SMILES string of the molecule is C=C(C)CCCCCCc1ccc2ccccc2c1. The van der Waals surface area contributed by atoms with Gasteiger partial charge in [-0.2, -0.15) is 0 Å². The molecule has 0 aliphatic carbocycles. The van der Waals surface area contributed by atoms with Crippen molar-refractivity contribution >= 4 is 10.8 Å². The second-order valence-corrected chi connectivity index (χ2v) is 5.55. The Morgan fingerprint density at radius 1 is 0.895 bits per heavy atom. The van der Waals surface area contributed by atoms with E-state index in [4.69, 9.17) is 0 Å². The maximum Gasteiger partial charge on any atom is -0.0181 e. The molecule has 0 amide bonds. The molecule has 0 fully saturated rings. The monoisotopic (exact) mass is 252 g/mol. The highest BCUT2D eigenvalue weighted by Gasteiger charge is 1.97. The Kier molecular flexibility index (Phi) is 5.20. The fourth-order valence-corrected chi connectivity index (χ4v) is 2.50. The lowest BCUT2D eigenvalue weighted by Crippen LogP contribution is -1.87. The van der Waals surface area contributed by atoms with Gasteiger partial charge in [0.1, 0.15) is 0 Å². The van der Waals surface area contributed by atoms with Crippen molar-refractivity contribution in [1.82, 2.24) is 0 Å². The van der Waals surface area contributed by atoms with Crippen LogP contribution in [-0.2, 0) is 6.42 Å². The van der Waals surface area contributed by atoms with Crippen LogP contribution < -0.4 is 0 Å². The van der Waals surface area contributed by atoms with Crippen molar-refractivity contribution < 1.29 is 0 Å². The summed E-state index contributed by atoms with van der Waals surface area (Å²) in [4.78, 5) is 0. The van der Waals surface area contributed by atoms with Gasteiger partial charge < -0.3 is 0 Å². The standard InChI is InChI=1S/C19H24/c1-16(2)9-5-3-4-6-10-17-13-14-18-11-7-8-12-19(18)15-17/h7-8,11-15H,1,3-6,9-10H2,2H3. The van der Waals surface area contributed by atoms with E-state index in [2.05, 4.69) is 56.0 Å². The second-order valence-electron chi connectivity index (χ2n) is 5.55. The first-order valence-electron chi connectivity index (χ1n) is 7.38. The van der Waals surface area contributed by atoms with Gasteiger partial charge in [-0.05, 0) is 48.9 Å². The summed E-state index contributed by atoms with van der Waals surface area (Å²) in [6.07, 6.45) is 7.66. The number of rotatable bonds is 7. The molecule has 100 valence electrons. The molecule has 0 unspecified atom stereocenters. The Labute approximate surface area is 117 Å². The number of hydrogen-bond acceptors (Lipinski definition) is 0. The largest absolute Gasteiger partial charge is 0.100 e. The molecule has 0 atom stereocenters. The van der Waals surface area contributed by atoms with Crippen LogP contribution in [0.15, 0.2) is 54.6 Å². The van der Waals surface area contributed by atoms with Crippen LogP contribution in [0.3, 0.4) is 0 Å². The third-order valence-electron chi connectivity index (χ3n) is 3.63. The first-order chi connectivity index (χ1) is 9.25. The lowest BCUT2D eigenvalue weighted by Gasteiger charge is -2.04. The zero-order valence-electron chi connectivity index (χ0n) is 12.0. The number of hydrogen-bond donors (Lipinski definition) is 0. The lowest BCUT2D eigenvalue weighted by atomic mass is 10.0. The molecule has 0 heterocycles. The van der Waals surface area contributed by atoms with E-state index in [0.717, 1.165) is 0 Å². The topological polar surface area (TPSA) is 0 Å². The second kappa shape index (κ2) is 7.13. The minimum absolute atomic E-state index is 1.19.